The molecule has 1 N–H and O–H groups in total. The molecule has 2 heteroatoms. The van der Waals surface area contributed by atoms with Gasteiger partial charge < -0.3 is 9.73 Å². The molecule has 1 aliphatic rings. The van der Waals surface area contributed by atoms with Crippen molar-refractivity contribution in [1.82, 2.24) is 0 Å². The predicted octanol–water partition coefficient (Wildman–Crippen LogP) is 7.52. The monoisotopic (exact) mass is 375 g/mol. The maximum Gasteiger partial charge on any atom is 0.137 e. The number of para-hydroxylation sites is 1. The van der Waals surface area contributed by atoms with E-state index in [-0.39, 0.29) is 0 Å². The lowest BCUT2D eigenvalue weighted by Crippen LogP contribution is -2.00. The molecule has 1 aliphatic carbocycles. The highest BCUT2D eigenvalue weighted by molar-refractivity contribution is 6.12. The molecule has 140 valence electrons. The van der Waals surface area contributed by atoms with E-state index in [1.165, 1.54) is 39.1 Å². The smallest absolute Gasteiger partial charge is 0.137 e. The second-order valence-corrected chi connectivity index (χ2v) is 7.96. The first-order valence-corrected chi connectivity index (χ1v) is 10.1. The van der Waals surface area contributed by atoms with Crippen molar-refractivity contribution in [2.75, 3.05) is 5.32 Å². The molecule has 0 saturated carbocycles. The van der Waals surface area contributed by atoms with Crippen LogP contribution in [0.1, 0.15) is 22.3 Å². The van der Waals surface area contributed by atoms with Gasteiger partial charge in [-0.3, -0.25) is 0 Å². The molecule has 1 aromatic heterocycles. The Labute approximate surface area is 169 Å². The maximum absolute atomic E-state index is 6.09. The number of aryl methyl sites for hydroxylation is 1. The number of fused-ring (bicyclic) bond motifs is 6. The van der Waals surface area contributed by atoms with Crippen LogP contribution in [0.15, 0.2) is 77.2 Å². The van der Waals surface area contributed by atoms with E-state index in [0.29, 0.717) is 0 Å². The summed E-state index contributed by atoms with van der Waals surface area (Å²) in [6.07, 6.45) is 0.969. The minimum absolute atomic E-state index is 0.918. The molecule has 0 saturated heterocycles. The highest BCUT2D eigenvalue weighted by atomic mass is 16.3. The van der Waals surface area contributed by atoms with Crippen molar-refractivity contribution in [1.29, 1.82) is 0 Å². The molecule has 0 aliphatic heterocycles. The van der Waals surface area contributed by atoms with Crippen molar-refractivity contribution in [3.63, 3.8) is 0 Å². The van der Waals surface area contributed by atoms with Crippen LogP contribution in [-0.4, -0.2) is 0 Å². The number of furan rings is 1. The summed E-state index contributed by atoms with van der Waals surface area (Å²) in [4.78, 5) is 0. The number of nitrogens with one attached hydrogen (secondary N) is 1. The number of anilines is 2. The lowest BCUT2D eigenvalue weighted by molar-refractivity contribution is 0.669. The third-order valence-corrected chi connectivity index (χ3v) is 6.29. The summed E-state index contributed by atoms with van der Waals surface area (Å²) in [5.41, 5.74) is 12.3. The predicted molar refractivity (Wildman–Crippen MR) is 121 cm³/mol. The van der Waals surface area contributed by atoms with Crippen LogP contribution < -0.4 is 5.32 Å². The fourth-order valence-electron chi connectivity index (χ4n) is 4.70. The van der Waals surface area contributed by atoms with E-state index in [1.807, 2.05) is 18.2 Å². The molecular formula is C27H21NO. The SMILES string of the molecule is Cc1cc2c(c(Nc3cccc4oc5ccccc5c34)c1C)Cc1ccccc1-2. The molecule has 0 atom stereocenters. The Kier molecular flexibility index (Phi) is 3.39. The molecule has 0 fully saturated rings. The summed E-state index contributed by atoms with van der Waals surface area (Å²) in [6, 6.07) is 25.6. The van der Waals surface area contributed by atoms with Gasteiger partial charge in [0.05, 0.1) is 11.1 Å². The van der Waals surface area contributed by atoms with Crippen LogP contribution in [0.5, 0.6) is 0 Å². The van der Waals surface area contributed by atoms with Gasteiger partial charge in [0.15, 0.2) is 0 Å². The molecule has 4 aromatic carbocycles. The van der Waals surface area contributed by atoms with Gasteiger partial charge in [-0.25, -0.2) is 0 Å². The van der Waals surface area contributed by atoms with Crippen molar-refractivity contribution < 1.29 is 4.42 Å². The molecule has 0 bridgehead atoms. The number of hydrogen-bond donors (Lipinski definition) is 1. The van der Waals surface area contributed by atoms with E-state index in [4.69, 9.17) is 4.42 Å². The molecular weight excluding hydrogens is 354 g/mol. The maximum atomic E-state index is 6.09. The zero-order valence-electron chi connectivity index (χ0n) is 16.5. The third kappa shape index (κ3) is 2.35. The molecule has 0 spiro atoms. The summed E-state index contributed by atoms with van der Waals surface area (Å²) >= 11 is 0. The molecule has 0 amide bonds. The Hall–Kier alpha value is -3.52. The molecule has 0 radical (unpaired) electrons. The Morgan fingerprint density at radius 2 is 1.59 bits per heavy atom. The highest BCUT2D eigenvalue weighted by Crippen LogP contribution is 2.45. The lowest BCUT2D eigenvalue weighted by atomic mass is 9.96. The van der Waals surface area contributed by atoms with Gasteiger partial charge >= 0.3 is 0 Å². The minimum atomic E-state index is 0.918. The molecule has 5 aromatic rings. The first kappa shape index (κ1) is 16.4. The standard InChI is InChI=1S/C27H21NO/c1-16-14-21-19-9-4-3-8-18(19)15-22(21)27(17(16)2)28-23-11-7-13-25-26(23)20-10-5-6-12-24(20)29-25/h3-14,28H,15H2,1-2H3. The van der Waals surface area contributed by atoms with Gasteiger partial charge in [0, 0.05) is 17.5 Å². The minimum Gasteiger partial charge on any atom is -0.456 e. The Morgan fingerprint density at radius 3 is 2.52 bits per heavy atom. The zero-order valence-corrected chi connectivity index (χ0v) is 16.5. The first-order chi connectivity index (χ1) is 14.2. The van der Waals surface area contributed by atoms with Crippen LogP contribution >= 0.6 is 0 Å². The molecule has 6 rings (SSSR count). The van der Waals surface area contributed by atoms with Gasteiger partial charge in [-0.1, -0.05) is 54.6 Å². The molecule has 29 heavy (non-hydrogen) atoms. The summed E-state index contributed by atoms with van der Waals surface area (Å²) < 4.78 is 6.09. The average molecular weight is 375 g/mol. The van der Waals surface area contributed by atoms with E-state index in [9.17, 15) is 0 Å². The molecule has 2 nitrogen and oxygen atoms in total. The van der Waals surface area contributed by atoms with Crippen LogP contribution in [0.25, 0.3) is 33.1 Å². The van der Waals surface area contributed by atoms with Gasteiger partial charge in [0.1, 0.15) is 11.2 Å². The topological polar surface area (TPSA) is 25.2 Å². The molecule has 0 unspecified atom stereocenters. The van der Waals surface area contributed by atoms with Crippen molar-refractivity contribution in [2.45, 2.75) is 20.3 Å². The summed E-state index contributed by atoms with van der Waals surface area (Å²) in [5.74, 6) is 0. The van der Waals surface area contributed by atoms with E-state index in [2.05, 4.69) is 73.8 Å². The second-order valence-electron chi connectivity index (χ2n) is 7.96. The normalized spacial score (nSPS) is 12.3. The summed E-state index contributed by atoms with van der Waals surface area (Å²) in [6.45, 7) is 4.42. The number of rotatable bonds is 2. The quantitative estimate of drug-likeness (QED) is 0.338. The van der Waals surface area contributed by atoms with Gasteiger partial charge in [0.25, 0.3) is 0 Å². The van der Waals surface area contributed by atoms with Crippen LogP contribution in [0.3, 0.4) is 0 Å². The van der Waals surface area contributed by atoms with Gasteiger partial charge in [0.2, 0.25) is 0 Å². The molecule has 1 heterocycles. The fraction of sp³-hybridized carbons (Fsp3) is 0.111. The summed E-state index contributed by atoms with van der Waals surface area (Å²) in [5, 5.41) is 6.10. The third-order valence-electron chi connectivity index (χ3n) is 6.29. The highest BCUT2D eigenvalue weighted by Gasteiger charge is 2.24. The Bertz CT molecular complexity index is 1420. The Morgan fingerprint density at radius 1 is 0.793 bits per heavy atom. The van der Waals surface area contributed by atoms with Gasteiger partial charge in [-0.05, 0) is 65.4 Å². The van der Waals surface area contributed by atoms with E-state index < -0.39 is 0 Å². The summed E-state index contributed by atoms with van der Waals surface area (Å²) in [7, 11) is 0. The Balaban J connectivity index is 1.58. The first-order valence-electron chi connectivity index (χ1n) is 10.1. The van der Waals surface area contributed by atoms with Crippen LogP contribution in [0.4, 0.5) is 11.4 Å². The van der Waals surface area contributed by atoms with Crippen molar-refractivity contribution in [2.24, 2.45) is 0 Å². The van der Waals surface area contributed by atoms with Crippen LogP contribution in [0, 0.1) is 13.8 Å². The zero-order chi connectivity index (χ0) is 19.5. The van der Waals surface area contributed by atoms with Crippen molar-refractivity contribution >= 4 is 33.3 Å². The number of hydrogen-bond acceptors (Lipinski definition) is 2. The van der Waals surface area contributed by atoms with Crippen LogP contribution in [0.2, 0.25) is 0 Å². The fourth-order valence-corrected chi connectivity index (χ4v) is 4.70. The lowest BCUT2D eigenvalue weighted by Gasteiger charge is -2.18. The van der Waals surface area contributed by atoms with E-state index >= 15 is 0 Å². The van der Waals surface area contributed by atoms with Crippen molar-refractivity contribution in [3.8, 4) is 11.1 Å². The van der Waals surface area contributed by atoms with E-state index in [0.717, 1.165) is 34.0 Å². The van der Waals surface area contributed by atoms with Gasteiger partial charge in [-0.2, -0.15) is 0 Å². The van der Waals surface area contributed by atoms with Gasteiger partial charge in [-0.15, -0.1) is 0 Å². The average Bonchev–Trinajstić information content (AvgIpc) is 3.30. The van der Waals surface area contributed by atoms with Crippen LogP contribution in [-0.2, 0) is 6.42 Å². The van der Waals surface area contributed by atoms with Crippen molar-refractivity contribution in [3.05, 3.63) is 95.1 Å². The largest absolute Gasteiger partial charge is 0.456 e. The van der Waals surface area contributed by atoms with E-state index in [1.54, 1.807) is 0 Å². The number of benzene rings is 4. The second kappa shape index (κ2) is 5.99.